The summed E-state index contributed by atoms with van der Waals surface area (Å²) in [6, 6.07) is 1.88. The van der Waals surface area contributed by atoms with Crippen LogP contribution < -0.4 is 11.1 Å². The van der Waals surface area contributed by atoms with Gasteiger partial charge in [0.15, 0.2) is 0 Å². The number of nitrogens with one attached hydrogen (secondary N) is 1. The van der Waals surface area contributed by atoms with Gasteiger partial charge in [-0.25, -0.2) is 0 Å². The molecule has 0 amide bonds. The molecule has 4 nitrogen and oxygen atoms in total. The number of nitrogens with zero attached hydrogens (tertiary/aromatic N) is 1. The molecular weight excluding hydrogens is 214 g/mol. The minimum absolute atomic E-state index is 0.476. The first-order chi connectivity index (χ1) is 8.34. The van der Waals surface area contributed by atoms with Crippen LogP contribution in [0, 0.1) is 0 Å². The van der Waals surface area contributed by atoms with E-state index in [2.05, 4.69) is 10.3 Å². The summed E-state index contributed by atoms with van der Waals surface area (Å²) in [6.07, 6.45) is 10.3. The molecule has 0 spiro atoms. The van der Waals surface area contributed by atoms with Crippen molar-refractivity contribution in [3.8, 4) is 0 Å². The fraction of sp³-hybridized carbons (Fsp3) is 0.615. The van der Waals surface area contributed by atoms with Gasteiger partial charge in [0.25, 0.3) is 0 Å². The third kappa shape index (κ3) is 4.23. The van der Waals surface area contributed by atoms with E-state index < -0.39 is 0 Å². The monoisotopic (exact) mass is 235 g/mol. The van der Waals surface area contributed by atoms with Crippen molar-refractivity contribution in [2.75, 3.05) is 24.2 Å². The Morgan fingerprint density at radius 2 is 2.12 bits per heavy atom. The molecule has 0 saturated heterocycles. The second kappa shape index (κ2) is 6.45. The molecule has 94 valence electrons. The lowest BCUT2D eigenvalue weighted by Crippen LogP contribution is -2.20. The van der Waals surface area contributed by atoms with Crippen molar-refractivity contribution in [3.05, 3.63) is 18.5 Å². The molecule has 1 aliphatic carbocycles. The largest absolute Gasteiger partial charge is 0.397 e. The lowest BCUT2D eigenvalue weighted by molar-refractivity contribution is 0.0347. The van der Waals surface area contributed by atoms with Gasteiger partial charge in [-0.3, -0.25) is 4.98 Å². The van der Waals surface area contributed by atoms with Gasteiger partial charge in [0, 0.05) is 12.7 Å². The lowest BCUT2D eigenvalue weighted by atomic mass is 9.98. The maximum absolute atomic E-state index is 5.82. The fourth-order valence-corrected chi connectivity index (χ4v) is 2.21. The van der Waals surface area contributed by atoms with Gasteiger partial charge < -0.3 is 15.8 Å². The third-order valence-corrected chi connectivity index (χ3v) is 3.10. The van der Waals surface area contributed by atoms with Crippen molar-refractivity contribution in [2.45, 2.75) is 38.2 Å². The highest BCUT2D eigenvalue weighted by Crippen LogP contribution is 2.20. The highest BCUT2D eigenvalue weighted by Gasteiger charge is 2.12. The van der Waals surface area contributed by atoms with Gasteiger partial charge >= 0.3 is 0 Å². The van der Waals surface area contributed by atoms with Crippen LogP contribution >= 0.6 is 0 Å². The molecule has 1 aliphatic rings. The Morgan fingerprint density at radius 3 is 2.88 bits per heavy atom. The molecule has 0 unspecified atom stereocenters. The molecule has 0 aromatic carbocycles. The smallest absolute Gasteiger partial charge is 0.0642 e. The Balaban J connectivity index is 1.62. The molecule has 1 fully saturated rings. The van der Waals surface area contributed by atoms with Gasteiger partial charge in [0.05, 0.1) is 30.3 Å². The zero-order valence-electron chi connectivity index (χ0n) is 10.2. The van der Waals surface area contributed by atoms with Gasteiger partial charge in [0.1, 0.15) is 0 Å². The lowest BCUT2D eigenvalue weighted by Gasteiger charge is -2.22. The van der Waals surface area contributed by atoms with Crippen LogP contribution in [-0.4, -0.2) is 24.2 Å². The number of hydrogen-bond donors (Lipinski definition) is 2. The van der Waals surface area contributed by atoms with E-state index in [4.69, 9.17) is 10.5 Å². The molecule has 0 atom stereocenters. The average molecular weight is 235 g/mol. The van der Waals surface area contributed by atoms with Crippen molar-refractivity contribution < 1.29 is 4.74 Å². The van der Waals surface area contributed by atoms with E-state index in [1.807, 2.05) is 6.07 Å². The predicted molar refractivity (Wildman–Crippen MR) is 70.0 cm³/mol. The van der Waals surface area contributed by atoms with Crippen LogP contribution in [-0.2, 0) is 4.74 Å². The molecule has 0 bridgehead atoms. The molecule has 17 heavy (non-hydrogen) atoms. The van der Waals surface area contributed by atoms with Crippen LogP contribution in [0.15, 0.2) is 18.5 Å². The van der Waals surface area contributed by atoms with E-state index in [1.165, 1.54) is 32.1 Å². The first kappa shape index (κ1) is 12.2. The van der Waals surface area contributed by atoms with E-state index in [-0.39, 0.29) is 0 Å². The molecule has 1 saturated carbocycles. The molecule has 0 radical (unpaired) electrons. The molecular formula is C13H21N3O. The molecule has 4 heteroatoms. The summed E-state index contributed by atoms with van der Waals surface area (Å²) in [5, 5.41) is 3.26. The first-order valence-corrected chi connectivity index (χ1v) is 6.40. The number of ether oxygens (including phenoxy) is 1. The van der Waals surface area contributed by atoms with E-state index in [9.17, 15) is 0 Å². The van der Waals surface area contributed by atoms with Crippen molar-refractivity contribution >= 4 is 11.4 Å². The molecule has 1 aromatic rings. The summed E-state index contributed by atoms with van der Waals surface area (Å²) in [7, 11) is 0. The van der Waals surface area contributed by atoms with Crippen LogP contribution in [0.1, 0.15) is 32.1 Å². The summed E-state index contributed by atoms with van der Waals surface area (Å²) in [4.78, 5) is 4.02. The fourth-order valence-electron chi connectivity index (χ4n) is 2.21. The van der Waals surface area contributed by atoms with E-state index in [1.54, 1.807) is 12.4 Å². The topological polar surface area (TPSA) is 60.2 Å². The Morgan fingerprint density at radius 1 is 1.29 bits per heavy atom. The minimum atomic E-state index is 0.476. The highest BCUT2D eigenvalue weighted by atomic mass is 16.5. The van der Waals surface area contributed by atoms with Crippen LogP contribution in [0.2, 0.25) is 0 Å². The van der Waals surface area contributed by atoms with Gasteiger partial charge in [0.2, 0.25) is 0 Å². The van der Waals surface area contributed by atoms with Gasteiger partial charge in [-0.15, -0.1) is 0 Å². The maximum Gasteiger partial charge on any atom is 0.0642 e. The third-order valence-electron chi connectivity index (χ3n) is 3.10. The number of rotatable bonds is 5. The minimum Gasteiger partial charge on any atom is -0.397 e. The summed E-state index contributed by atoms with van der Waals surface area (Å²) >= 11 is 0. The standard InChI is InChI=1S/C13H21N3O/c14-11-8-12(10-15-9-11)16-6-7-17-13-4-2-1-3-5-13/h8-10,13,16H,1-7,14H2. The molecule has 1 aromatic heterocycles. The van der Waals surface area contributed by atoms with E-state index in [0.717, 1.165) is 18.8 Å². The Bertz CT molecular complexity index is 337. The summed E-state index contributed by atoms with van der Waals surface area (Å²) in [6.45, 7) is 1.56. The number of nitrogen functional groups attached to an aromatic ring is 1. The highest BCUT2D eigenvalue weighted by molar-refractivity contribution is 5.51. The van der Waals surface area contributed by atoms with Crippen LogP contribution in [0.25, 0.3) is 0 Å². The number of aromatic nitrogens is 1. The van der Waals surface area contributed by atoms with Crippen molar-refractivity contribution in [1.82, 2.24) is 4.98 Å². The number of nitrogens with two attached hydrogens (primary N) is 1. The summed E-state index contributed by atoms with van der Waals surface area (Å²) < 4.78 is 5.82. The molecule has 1 heterocycles. The van der Waals surface area contributed by atoms with Crippen LogP contribution in [0.4, 0.5) is 11.4 Å². The van der Waals surface area contributed by atoms with Gasteiger partial charge in [-0.2, -0.15) is 0 Å². The van der Waals surface area contributed by atoms with Crippen molar-refractivity contribution in [2.24, 2.45) is 0 Å². The summed E-state index contributed by atoms with van der Waals surface area (Å²) in [5.41, 5.74) is 7.29. The maximum atomic E-state index is 5.82. The number of pyridine rings is 1. The zero-order chi connectivity index (χ0) is 11.9. The van der Waals surface area contributed by atoms with Gasteiger partial charge in [-0.05, 0) is 18.9 Å². The second-order valence-electron chi connectivity index (χ2n) is 4.56. The quantitative estimate of drug-likeness (QED) is 0.769. The zero-order valence-corrected chi connectivity index (χ0v) is 10.2. The molecule has 3 N–H and O–H groups in total. The Hall–Kier alpha value is -1.29. The molecule has 0 aliphatic heterocycles. The van der Waals surface area contributed by atoms with E-state index in [0.29, 0.717) is 11.8 Å². The Kier molecular flexibility index (Phi) is 4.62. The normalized spacial score (nSPS) is 16.9. The number of hydrogen-bond acceptors (Lipinski definition) is 4. The summed E-state index contributed by atoms with van der Waals surface area (Å²) in [5.74, 6) is 0. The second-order valence-corrected chi connectivity index (χ2v) is 4.56. The average Bonchev–Trinajstić information content (AvgIpc) is 2.36. The van der Waals surface area contributed by atoms with Crippen LogP contribution in [0.3, 0.4) is 0 Å². The Labute approximate surface area is 103 Å². The van der Waals surface area contributed by atoms with Gasteiger partial charge in [-0.1, -0.05) is 19.3 Å². The first-order valence-electron chi connectivity index (χ1n) is 6.40. The van der Waals surface area contributed by atoms with E-state index >= 15 is 0 Å². The van der Waals surface area contributed by atoms with Crippen molar-refractivity contribution in [3.63, 3.8) is 0 Å². The molecule has 2 rings (SSSR count). The SMILES string of the molecule is Nc1cncc(NCCOC2CCCCC2)c1. The predicted octanol–water partition coefficient (Wildman–Crippen LogP) is 2.43. The van der Waals surface area contributed by atoms with Crippen molar-refractivity contribution in [1.29, 1.82) is 0 Å². The number of anilines is 2. The van der Waals surface area contributed by atoms with Crippen LogP contribution in [0.5, 0.6) is 0 Å².